The van der Waals surface area contributed by atoms with Crippen molar-refractivity contribution in [1.29, 1.82) is 0 Å². The number of hydrogen-bond donors (Lipinski definition) is 1. The minimum Gasteiger partial charge on any atom is -0.506 e. The fourth-order valence-corrected chi connectivity index (χ4v) is 1.75. The molecule has 0 unspecified atom stereocenters. The Balaban J connectivity index is 2.66. The Morgan fingerprint density at radius 1 is 1.54 bits per heavy atom. The van der Waals surface area contributed by atoms with Crippen LogP contribution in [0.2, 0.25) is 5.02 Å². The molecule has 1 aromatic rings. The van der Waals surface area contributed by atoms with Crippen LogP contribution in [-0.2, 0) is 6.54 Å². The number of fused-ring (bicyclic) bond motifs is 1. The van der Waals surface area contributed by atoms with Gasteiger partial charge in [0.2, 0.25) is 0 Å². The number of rotatable bonds is 0. The van der Waals surface area contributed by atoms with Gasteiger partial charge in [0, 0.05) is 13.6 Å². The molecular formula is C9H8ClNO2. The van der Waals surface area contributed by atoms with Crippen molar-refractivity contribution < 1.29 is 9.90 Å². The van der Waals surface area contributed by atoms with Gasteiger partial charge in [0.1, 0.15) is 5.75 Å². The van der Waals surface area contributed by atoms with Gasteiger partial charge in [0.25, 0.3) is 5.91 Å². The van der Waals surface area contributed by atoms with Crippen LogP contribution in [0, 0.1) is 0 Å². The summed E-state index contributed by atoms with van der Waals surface area (Å²) >= 11 is 5.80. The number of phenolic OH excluding ortho intramolecular Hbond substituents is 1. The van der Waals surface area contributed by atoms with Gasteiger partial charge in [-0.3, -0.25) is 4.79 Å². The van der Waals surface area contributed by atoms with Gasteiger partial charge in [-0.2, -0.15) is 0 Å². The summed E-state index contributed by atoms with van der Waals surface area (Å²) in [4.78, 5) is 13.1. The van der Waals surface area contributed by atoms with Crippen LogP contribution in [0.5, 0.6) is 5.75 Å². The molecular weight excluding hydrogens is 190 g/mol. The molecule has 1 aliphatic rings. The molecule has 0 atom stereocenters. The molecule has 4 heteroatoms. The van der Waals surface area contributed by atoms with Crippen LogP contribution in [0.4, 0.5) is 0 Å². The van der Waals surface area contributed by atoms with E-state index in [1.165, 1.54) is 6.07 Å². The summed E-state index contributed by atoms with van der Waals surface area (Å²) in [5.41, 5.74) is 1.31. The second kappa shape index (κ2) is 2.64. The number of amides is 1. The SMILES string of the molecule is CN1Cc2ccc(O)c(Cl)c2C1=O. The number of aromatic hydroxyl groups is 1. The summed E-state index contributed by atoms with van der Waals surface area (Å²) in [6.45, 7) is 0.564. The second-order valence-corrected chi connectivity index (χ2v) is 3.47. The number of carbonyl (C=O) groups excluding carboxylic acids is 1. The topological polar surface area (TPSA) is 40.5 Å². The Kier molecular flexibility index (Phi) is 1.70. The van der Waals surface area contributed by atoms with Crippen molar-refractivity contribution >= 4 is 17.5 Å². The summed E-state index contributed by atoms with van der Waals surface area (Å²) < 4.78 is 0. The Hall–Kier alpha value is -1.22. The lowest BCUT2D eigenvalue weighted by molar-refractivity contribution is 0.0816. The number of nitrogens with zero attached hydrogens (tertiary/aromatic N) is 1. The monoisotopic (exact) mass is 197 g/mol. The van der Waals surface area contributed by atoms with Crippen LogP contribution in [0.1, 0.15) is 15.9 Å². The lowest BCUT2D eigenvalue weighted by atomic mass is 10.1. The fraction of sp³-hybridized carbons (Fsp3) is 0.222. The number of benzene rings is 1. The van der Waals surface area contributed by atoms with E-state index in [0.29, 0.717) is 12.1 Å². The van der Waals surface area contributed by atoms with Gasteiger partial charge >= 0.3 is 0 Å². The molecule has 1 N–H and O–H groups in total. The third-order valence-electron chi connectivity index (χ3n) is 2.18. The van der Waals surface area contributed by atoms with Crippen molar-refractivity contribution in [2.45, 2.75) is 6.54 Å². The molecule has 1 amide bonds. The van der Waals surface area contributed by atoms with E-state index in [0.717, 1.165) is 5.56 Å². The molecule has 0 saturated heterocycles. The zero-order valence-electron chi connectivity index (χ0n) is 7.04. The van der Waals surface area contributed by atoms with Gasteiger partial charge in [0.15, 0.2) is 0 Å². The van der Waals surface area contributed by atoms with Crippen molar-refractivity contribution in [2.24, 2.45) is 0 Å². The smallest absolute Gasteiger partial charge is 0.255 e. The molecule has 0 fully saturated rings. The van der Waals surface area contributed by atoms with E-state index in [4.69, 9.17) is 11.6 Å². The standard InChI is InChI=1S/C9H8ClNO2/c1-11-4-5-2-3-6(12)8(10)7(5)9(11)13/h2-3,12H,4H2,1H3. The first-order chi connectivity index (χ1) is 6.11. The van der Waals surface area contributed by atoms with Gasteiger partial charge in [-0.1, -0.05) is 17.7 Å². The molecule has 0 aliphatic carbocycles. The first-order valence-electron chi connectivity index (χ1n) is 3.87. The molecule has 1 aromatic carbocycles. The second-order valence-electron chi connectivity index (χ2n) is 3.09. The molecule has 3 nitrogen and oxygen atoms in total. The van der Waals surface area contributed by atoms with E-state index in [1.54, 1.807) is 18.0 Å². The molecule has 0 bridgehead atoms. The van der Waals surface area contributed by atoms with Crippen LogP contribution in [0.3, 0.4) is 0 Å². The quantitative estimate of drug-likeness (QED) is 0.687. The highest BCUT2D eigenvalue weighted by Crippen LogP contribution is 2.34. The van der Waals surface area contributed by atoms with E-state index < -0.39 is 0 Å². The summed E-state index contributed by atoms with van der Waals surface area (Å²) in [6, 6.07) is 3.23. The van der Waals surface area contributed by atoms with Crippen molar-refractivity contribution in [3.05, 3.63) is 28.3 Å². The Morgan fingerprint density at radius 2 is 2.23 bits per heavy atom. The molecule has 2 rings (SSSR count). The number of hydrogen-bond acceptors (Lipinski definition) is 2. The number of phenols is 1. The maximum atomic E-state index is 11.5. The van der Waals surface area contributed by atoms with Crippen molar-refractivity contribution in [1.82, 2.24) is 4.90 Å². The van der Waals surface area contributed by atoms with Gasteiger partial charge in [-0.25, -0.2) is 0 Å². The maximum absolute atomic E-state index is 11.5. The molecule has 0 radical (unpaired) electrons. The maximum Gasteiger partial charge on any atom is 0.255 e. The minimum absolute atomic E-state index is 0.0379. The van der Waals surface area contributed by atoms with Crippen LogP contribution in [0.25, 0.3) is 0 Å². The van der Waals surface area contributed by atoms with E-state index >= 15 is 0 Å². The zero-order valence-corrected chi connectivity index (χ0v) is 7.80. The van der Waals surface area contributed by atoms with Gasteiger partial charge in [-0.15, -0.1) is 0 Å². The fourth-order valence-electron chi connectivity index (χ4n) is 1.49. The summed E-state index contributed by atoms with van der Waals surface area (Å²) in [5.74, 6) is -0.167. The van der Waals surface area contributed by atoms with Crippen LogP contribution in [0.15, 0.2) is 12.1 Å². The number of carbonyl (C=O) groups is 1. The van der Waals surface area contributed by atoms with Crippen LogP contribution >= 0.6 is 11.6 Å². The van der Waals surface area contributed by atoms with E-state index in [-0.39, 0.29) is 16.7 Å². The molecule has 0 saturated carbocycles. The molecule has 68 valence electrons. The predicted molar refractivity (Wildman–Crippen MR) is 48.9 cm³/mol. The number of halogens is 1. The summed E-state index contributed by atoms with van der Waals surface area (Å²) in [5, 5.41) is 9.44. The highest BCUT2D eigenvalue weighted by molar-refractivity contribution is 6.35. The van der Waals surface area contributed by atoms with Gasteiger partial charge in [0.05, 0.1) is 10.6 Å². The Labute approximate surface area is 80.5 Å². The third kappa shape index (κ3) is 1.08. The highest BCUT2D eigenvalue weighted by atomic mass is 35.5. The average Bonchev–Trinajstić information content (AvgIpc) is 2.37. The summed E-state index contributed by atoms with van der Waals surface area (Å²) in [6.07, 6.45) is 0. The Morgan fingerprint density at radius 3 is 2.92 bits per heavy atom. The lowest BCUT2D eigenvalue weighted by Crippen LogP contribution is -2.17. The Bertz CT molecular complexity index is 389. The first-order valence-corrected chi connectivity index (χ1v) is 4.25. The van der Waals surface area contributed by atoms with Gasteiger partial charge < -0.3 is 10.0 Å². The molecule has 0 aromatic heterocycles. The van der Waals surface area contributed by atoms with Crippen LogP contribution in [-0.4, -0.2) is 23.0 Å². The zero-order chi connectivity index (χ0) is 9.59. The van der Waals surface area contributed by atoms with Crippen molar-refractivity contribution in [2.75, 3.05) is 7.05 Å². The first kappa shape index (κ1) is 8.38. The van der Waals surface area contributed by atoms with E-state index in [9.17, 15) is 9.90 Å². The average molecular weight is 198 g/mol. The highest BCUT2D eigenvalue weighted by Gasteiger charge is 2.28. The molecule has 1 heterocycles. The molecule has 13 heavy (non-hydrogen) atoms. The van der Waals surface area contributed by atoms with Gasteiger partial charge in [-0.05, 0) is 11.6 Å². The van der Waals surface area contributed by atoms with Crippen molar-refractivity contribution in [3.63, 3.8) is 0 Å². The lowest BCUT2D eigenvalue weighted by Gasteiger charge is -2.05. The largest absolute Gasteiger partial charge is 0.506 e. The van der Waals surface area contributed by atoms with Crippen LogP contribution < -0.4 is 0 Å². The van der Waals surface area contributed by atoms with E-state index in [1.807, 2.05) is 0 Å². The minimum atomic E-state index is -0.129. The summed E-state index contributed by atoms with van der Waals surface area (Å²) in [7, 11) is 1.70. The third-order valence-corrected chi connectivity index (χ3v) is 2.56. The normalized spacial score (nSPS) is 14.9. The molecule has 1 aliphatic heterocycles. The molecule has 0 spiro atoms. The van der Waals surface area contributed by atoms with Crippen molar-refractivity contribution in [3.8, 4) is 5.75 Å². The van der Waals surface area contributed by atoms with E-state index in [2.05, 4.69) is 0 Å². The predicted octanol–water partition coefficient (Wildman–Crippen LogP) is 1.63.